The Hall–Kier alpha value is -4.04. The number of hydrogen-bond donors (Lipinski definition) is 4. The van der Waals surface area contributed by atoms with Gasteiger partial charge in [0.05, 0.1) is 33.4 Å². The molecule has 0 aliphatic carbocycles. The highest BCUT2D eigenvalue weighted by Gasteiger charge is 2.16. The highest BCUT2D eigenvalue weighted by atomic mass is 15.2. The van der Waals surface area contributed by atoms with Crippen molar-refractivity contribution in [3.8, 4) is 22.8 Å². The van der Waals surface area contributed by atoms with Gasteiger partial charge >= 0.3 is 0 Å². The van der Waals surface area contributed by atoms with E-state index in [9.17, 15) is 0 Å². The summed E-state index contributed by atoms with van der Waals surface area (Å²) in [6, 6.07) is 18.2. The lowest BCUT2D eigenvalue weighted by atomic mass is 10.1. The summed E-state index contributed by atoms with van der Waals surface area (Å²) < 4.78 is 0. The number of anilines is 3. The summed E-state index contributed by atoms with van der Waals surface area (Å²) in [6.07, 6.45) is 0. The molecule has 8 nitrogen and oxygen atoms in total. The summed E-state index contributed by atoms with van der Waals surface area (Å²) >= 11 is 0. The Kier molecular flexibility index (Phi) is 4.48. The van der Waals surface area contributed by atoms with Crippen LogP contribution in [-0.2, 0) is 0 Å². The Morgan fingerprint density at radius 1 is 0.697 bits per heavy atom. The number of piperazine rings is 1. The molecule has 0 bridgehead atoms. The number of nitrogens with two attached hydrogens (primary N) is 2. The van der Waals surface area contributed by atoms with Gasteiger partial charge < -0.3 is 31.2 Å². The van der Waals surface area contributed by atoms with E-state index in [1.807, 2.05) is 18.2 Å². The van der Waals surface area contributed by atoms with E-state index < -0.39 is 0 Å². The number of likely N-dealkylation sites (N-methyl/N-ethyl adjacent to an activating group) is 1. The molecule has 1 aliphatic rings. The van der Waals surface area contributed by atoms with Gasteiger partial charge in [0.2, 0.25) is 0 Å². The molecular weight excluding hydrogens is 412 g/mol. The molecule has 0 atom stereocenters. The average Bonchev–Trinajstić information content (AvgIpc) is 3.44. The number of H-pyrrole nitrogens is 2. The Balaban J connectivity index is 1.32. The van der Waals surface area contributed by atoms with Crippen LogP contribution in [0.25, 0.3) is 44.8 Å². The number of nitrogen functional groups attached to an aromatic ring is 2. The standard InChI is InChI=1S/C25H26N8/c1-32-8-10-33(11-9-32)17-4-7-21-23(14-17)31-25(29-21)16-3-6-20-22(13-16)30-24(28-20)15-2-5-18(26)19(27)12-15/h2-7,12-14H,8-11,26-27H2,1H3,(H,28,30)(H,29,31). The molecule has 6 rings (SSSR count). The van der Waals surface area contributed by atoms with Crippen molar-refractivity contribution in [3.05, 3.63) is 54.6 Å². The molecule has 0 unspecified atom stereocenters. The van der Waals surface area contributed by atoms with Crippen molar-refractivity contribution in [2.75, 3.05) is 49.6 Å². The van der Waals surface area contributed by atoms with Crippen molar-refractivity contribution >= 4 is 39.1 Å². The zero-order chi connectivity index (χ0) is 22.5. The van der Waals surface area contributed by atoms with Gasteiger partial charge in [0.1, 0.15) is 11.6 Å². The lowest BCUT2D eigenvalue weighted by Crippen LogP contribution is -2.44. The van der Waals surface area contributed by atoms with E-state index in [4.69, 9.17) is 21.4 Å². The van der Waals surface area contributed by atoms with Crippen molar-refractivity contribution in [2.45, 2.75) is 0 Å². The van der Waals surface area contributed by atoms with Gasteiger partial charge in [-0.3, -0.25) is 0 Å². The fraction of sp³-hybridized carbons (Fsp3) is 0.200. The van der Waals surface area contributed by atoms with Gasteiger partial charge in [-0.25, -0.2) is 9.97 Å². The van der Waals surface area contributed by atoms with Crippen LogP contribution in [0.5, 0.6) is 0 Å². The average molecular weight is 439 g/mol. The van der Waals surface area contributed by atoms with Crippen LogP contribution in [0, 0.1) is 0 Å². The van der Waals surface area contributed by atoms with E-state index in [-0.39, 0.29) is 0 Å². The van der Waals surface area contributed by atoms with Crippen LogP contribution in [0.15, 0.2) is 54.6 Å². The number of nitrogens with one attached hydrogen (secondary N) is 2. The van der Waals surface area contributed by atoms with Crippen LogP contribution in [0.1, 0.15) is 0 Å². The summed E-state index contributed by atoms with van der Waals surface area (Å²) in [7, 11) is 2.17. The molecule has 0 saturated carbocycles. The molecule has 3 aromatic carbocycles. The molecule has 33 heavy (non-hydrogen) atoms. The first kappa shape index (κ1) is 19.6. The second-order valence-electron chi connectivity index (χ2n) is 8.74. The summed E-state index contributed by atoms with van der Waals surface area (Å²) in [5.74, 6) is 1.60. The Bertz CT molecular complexity index is 1470. The lowest BCUT2D eigenvalue weighted by Gasteiger charge is -2.34. The summed E-state index contributed by atoms with van der Waals surface area (Å²) in [4.78, 5) is 21.3. The third-order valence-corrected chi connectivity index (χ3v) is 6.45. The van der Waals surface area contributed by atoms with Gasteiger partial charge in [-0.05, 0) is 61.6 Å². The van der Waals surface area contributed by atoms with Crippen LogP contribution in [0.4, 0.5) is 17.1 Å². The maximum Gasteiger partial charge on any atom is 0.138 e. The van der Waals surface area contributed by atoms with E-state index in [1.54, 1.807) is 6.07 Å². The molecule has 166 valence electrons. The van der Waals surface area contributed by atoms with Crippen LogP contribution in [-0.4, -0.2) is 58.1 Å². The molecule has 0 amide bonds. The maximum absolute atomic E-state index is 5.97. The van der Waals surface area contributed by atoms with Crippen LogP contribution < -0.4 is 16.4 Å². The number of aromatic amines is 2. The third kappa shape index (κ3) is 3.54. The van der Waals surface area contributed by atoms with Gasteiger partial charge in [-0.15, -0.1) is 0 Å². The van der Waals surface area contributed by atoms with Crippen molar-refractivity contribution in [1.82, 2.24) is 24.8 Å². The minimum absolute atomic E-state index is 0.548. The summed E-state index contributed by atoms with van der Waals surface area (Å²) in [5, 5.41) is 0. The Labute approximate surface area is 191 Å². The molecule has 1 fully saturated rings. The van der Waals surface area contributed by atoms with Crippen molar-refractivity contribution < 1.29 is 0 Å². The quantitative estimate of drug-likeness (QED) is 0.319. The van der Waals surface area contributed by atoms with E-state index in [0.29, 0.717) is 11.4 Å². The molecule has 3 heterocycles. The van der Waals surface area contributed by atoms with Gasteiger partial charge in [0.25, 0.3) is 0 Å². The summed E-state index contributed by atoms with van der Waals surface area (Å²) in [5.41, 5.74) is 19.9. The number of benzene rings is 3. The maximum atomic E-state index is 5.97. The predicted molar refractivity (Wildman–Crippen MR) is 135 cm³/mol. The van der Waals surface area contributed by atoms with E-state index in [2.05, 4.69) is 57.1 Å². The third-order valence-electron chi connectivity index (χ3n) is 6.45. The minimum Gasteiger partial charge on any atom is -0.397 e. The number of fused-ring (bicyclic) bond motifs is 2. The van der Waals surface area contributed by atoms with Gasteiger partial charge in [0, 0.05) is 43.0 Å². The first-order valence-corrected chi connectivity index (χ1v) is 11.1. The highest BCUT2D eigenvalue weighted by molar-refractivity contribution is 5.87. The molecular formula is C25H26N8. The highest BCUT2D eigenvalue weighted by Crippen LogP contribution is 2.29. The zero-order valence-electron chi connectivity index (χ0n) is 18.5. The van der Waals surface area contributed by atoms with E-state index in [1.165, 1.54) is 5.69 Å². The topological polar surface area (TPSA) is 116 Å². The number of imidazole rings is 2. The van der Waals surface area contributed by atoms with Gasteiger partial charge in [-0.1, -0.05) is 0 Å². The Morgan fingerprint density at radius 2 is 1.30 bits per heavy atom. The van der Waals surface area contributed by atoms with Crippen LogP contribution in [0.3, 0.4) is 0 Å². The molecule has 1 saturated heterocycles. The smallest absolute Gasteiger partial charge is 0.138 e. The molecule has 5 aromatic rings. The normalized spacial score (nSPS) is 15.0. The fourth-order valence-corrected chi connectivity index (χ4v) is 4.40. The number of rotatable bonds is 3. The van der Waals surface area contributed by atoms with Crippen molar-refractivity contribution in [3.63, 3.8) is 0 Å². The summed E-state index contributed by atoms with van der Waals surface area (Å²) in [6.45, 7) is 4.24. The molecule has 0 radical (unpaired) electrons. The van der Waals surface area contributed by atoms with Gasteiger partial charge in [0.15, 0.2) is 0 Å². The zero-order valence-corrected chi connectivity index (χ0v) is 18.5. The van der Waals surface area contributed by atoms with E-state index in [0.717, 1.165) is 71.0 Å². The minimum atomic E-state index is 0.548. The lowest BCUT2D eigenvalue weighted by molar-refractivity contribution is 0.313. The van der Waals surface area contributed by atoms with Crippen molar-refractivity contribution in [2.24, 2.45) is 0 Å². The number of nitrogens with zero attached hydrogens (tertiary/aromatic N) is 4. The largest absolute Gasteiger partial charge is 0.397 e. The van der Waals surface area contributed by atoms with Crippen LogP contribution >= 0.6 is 0 Å². The molecule has 6 N–H and O–H groups in total. The molecule has 0 spiro atoms. The molecule has 2 aromatic heterocycles. The monoisotopic (exact) mass is 438 g/mol. The first-order chi connectivity index (χ1) is 16.0. The SMILES string of the molecule is CN1CCN(c2ccc3[nH]c(-c4ccc5[nH]c(-c6ccc(N)c(N)c6)nc5c4)nc3c2)CC1. The fourth-order valence-electron chi connectivity index (χ4n) is 4.40. The second-order valence-corrected chi connectivity index (χ2v) is 8.74. The second kappa shape index (κ2) is 7.53. The van der Waals surface area contributed by atoms with Crippen molar-refractivity contribution in [1.29, 1.82) is 0 Å². The van der Waals surface area contributed by atoms with Gasteiger partial charge in [-0.2, -0.15) is 0 Å². The predicted octanol–water partition coefficient (Wildman–Crippen LogP) is 3.69. The number of hydrogen-bond acceptors (Lipinski definition) is 6. The Morgan fingerprint density at radius 3 is 2.00 bits per heavy atom. The van der Waals surface area contributed by atoms with E-state index >= 15 is 0 Å². The first-order valence-electron chi connectivity index (χ1n) is 11.1. The molecule has 8 heteroatoms. The van der Waals surface area contributed by atoms with Crippen LogP contribution in [0.2, 0.25) is 0 Å². The number of aromatic nitrogens is 4. The molecule has 1 aliphatic heterocycles.